The van der Waals surface area contributed by atoms with Gasteiger partial charge in [-0.15, -0.1) is 0 Å². The quantitative estimate of drug-likeness (QED) is 0.947. The van der Waals surface area contributed by atoms with Crippen molar-refractivity contribution in [2.45, 2.75) is 12.8 Å². The molecule has 1 aliphatic rings. The molecule has 21 heavy (non-hydrogen) atoms. The number of nitrogens with zero attached hydrogens (tertiary/aromatic N) is 2. The van der Waals surface area contributed by atoms with E-state index in [0.717, 1.165) is 48.5 Å². The van der Waals surface area contributed by atoms with Crippen molar-refractivity contribution in [1.82, 2.24) is 9.27 Å². The molecular weight excluding hydrogens is 286 g/mol. The Kier molecular flexibility index (Phi) is 4.36. The van der Waals surface area contributed by atoms with Gasteiger partial charge in [-0.05, 0) is 36.5 Å². The number of anilines is 1. The fourth-order valence-electron chi connectivity index (χ4n) is 2.59. The maximum atomic E-state index is 12.3. The maximum absolute atomic E-state index is 12.3. The van der Waals surface area contributed by atoms with Crippen LogP contribution < -0.4 is 5.32 Å². The van der Waals surface area contributed by atoms with Crippen molar-refractivity contribution >= 4 is 33.5 Å². The highest BCUT2D eigenvalue weighted by Gasteiger charge is 2.19. The van der Waals surface area contributed by atoms with Gasteiger partial charge in [-0.1, -0.05) is 12.1 Å². The first kappa shape index (κ1) is 14.3. The average Bonchev–Trinajstić information content (AvgIpc) is 2.91. The summed E-state index contributed by atoms with van der Waals surface area (Å²) < 4.78 is 9.80. The molecule has 1 atom stereocenters. The molecular formula is C15H19N3O2S. The van der Waals surface area contributed by atoms with Gasteiger partial charge < -0.3 is 9.64 Å². The lowest BCUT2D eigenvalue weighted by Gasteiger charge is -2.27. The summed E-state index contributed by atoms with van der Waals surface area (Å²) in [4.78, 5) is 14.0. The molecule has 0 saturated carbocycles. The number of urea groups is 1. The number of rotatable bonds is 3. The number of carbonyl (C=O) groups excluding carboxylic acids is 1. The second kappa shape index (κ2) is 6.41. The Hall–Kier alpha value is -1.66. The maximum Gasteiger partial charge on any atom is 0.322 e. The topological polar surface area (TPSA) is 54.5 Å². The summed E-state index contributed by atoms with van der Waals surface area (Å²) in [6, 6.07) is 7.74. The lowest BCUT2D eigenvalue weighted by molar-refractivity contribution is 0.0464. The van der Waals surface area contributed by atoms with E-state index in [9.17, 15) is 4.79 Å². The number of benzene rings is 1. The summed E-state index contributed by atoms with van der Waals surface area (Å²) in [6.07, 6.45) is 2.21. The van der Waals surface area contributed by atoms with Crippen molar-refractivity contribution in [2.24, 2.45) is 5.92 Å². The van der Waals surface area contributed by atoms with Crippen LogP contribution in [0.25, 0.3) is 10.9 Å². The third-order valence-corrected chi connectivity index (χ3v) is 4.53. The Morgan fingerprint density at radius 1 is 1.52 bits per heavy atom. The highest BCUT2D eigenvalue weighted by atomic mass is 32.1. The minimum atomic E-state index is -0.0880. The second-order valence-corrected chi connectivity index (χ2v) is 6.20. The van der Waals surface area contributed by atoms with Crippen LogP contribution in [0.4, 0.5) is 9.80 Å². The normalized spacial score (nSPS) is 18.6. The fraction of sp³-hybridized carbons (Fsp3) is 0.467. The number of carbonyl (C=O) groups is 1. The molecule has 1 N–H and O–H groups in total. The molecule has 1 unspecified atom stereocenters. The number of aromatic nitrogens is 1. The molecule has 5 nitrogen and oxygen atoms in total. The van der Waals surface area contributed by atoms with Gasteiger partial charge in [0.1, 0.15) is 5.00 Å². The Morgan fingerprint density at radius 2 is 2.38 bits per heavy atom. The molecule has 0 bridgehead atoms. The van der Waals surface area contributed by atoms with Crippen LogP contribution in [0.2, 0.25) is 0 Å². The molecule has 112 valence electrons. The summed E-state index contributed by atoms with van der Waals surface area (Å²) in [7, 11) is 1.83. The molecule has 0 aliphatic carbocycles. The van der Waals surface area contributed by atoms with Crippen molar-refractivity contribution in [3.63, 3.8) is 0 Å². The SMILES string of the molecule is CN(CC1CCCOC1)C(=O)Nc1snc2ccccc12. The van der Waals surface area contributed by atoms with Crippen LogP contribution in [0.15, 0.2) is 24.3 Å². The minimum absolute atomic E-state index is 0.0880. The van der Waals surface area contributed by atoms with Gasteiger partial charge in [-0.25, -0.2) is 4.79 Å². The van der Waals surface area contributed by atoms with Crippen molar-refractivity contribution in [3.8, 4) is 0 Å². The molecule has 1 aromatic carbocycles. The lowest BCUT2D eigenvalue weighted by atomic mass is 10.0. The van der Waals surface area contributed by atoms with Gasteiger partial charge in [-0.3, -0.25) is 5.32 Å². The number of hydrogen-bond donors (Lipinski definition) is 1. The van der Waals surface area contributed by atoms with Gasteiger partial charge in [0.25, 0.3) is 0 Å². The molecule has 1 saturated heterocycles. The first-order valence-electron chi connectivity index (χ1n) is 7.18. The third kappa shape index (κ3) is 3.33. The molecule has 1 aromatic heterocycles. The third-order valence-electron chi connectivity index (χ3n) is 3.74. The van der Waals surface area contributed by atoms with E-state index >= 15 is 0 Å². The highest BCUT2D eigenvalue weighted by Crippen LogP contribution is 2.27. The molecule has 2 heterocycles. The Labute approximate surface area is 128 Å². The zero-order chi connectivity index (χ0) is 14.7. The molecule has 2 amide bonds. The summed E-state index contributed by atoms with van der Waals surface area (Å²) in [5, 5.41) is 4.76. The van der Waals surface area contributed by atoms with E-state index in [0.29, 0.717) is 5.92 Å². The molecule has 1 fully saturated rings. The minimum Gasteiger partial charge on any atom is -0.381 e. The van der Waals surface area contributed by atoms with Crippen LogP contribution in [0.1, 0.15) is 12.8 Å². The predicted octanol–water partition coefficient (Wildman–Crippen LogP) is 3.19. The van der Waals surface area contributed by atoms with Crippen LogP contribution in [-0.4, -0.2) is 42.1 Å². The predicted molar refractivity (Wildman–Crippen MR) is 84.8 cm³/mol. The van der Waals surface area contributed by atoms with Gasteiger partial charge in [0, 0.05) is 31.5 Å². The van der Waals surface area contributed by atoms with Crippen LogP contribution in [0, 0.1) is 5.92 Å². The Bertz CT molecular complexity index is 622. The van der Waals surface area contributed by atoms with Crippen molar-refractivity contribution < 1.29 is 9.53 Å². The van der Waals surface area contributed by atoms with Gasteiger partial charge in [-0.2, -0.15) is 4.37 Å². The van der Waals surface area contributed by atoms with E-state index in [2.05, 4.69) is 9.69 Å². The molecule has 6 heteroatoms. The number of fused-ring (bicyclic) bond motifs is 1. The summed E-state index contributed by atoms with van der Waals surface area (Å²) in [6.45, 7) is 2.32. The van der Waals surface area contributed by atoms with Crippen LogP contribution in [0.5, 0.6) is 0 Å². The molecule has 3 rings (SSSR count). The molecule has 2 aromatic rings. The van der Waals surface area contributed by atoms with E-state index in [-0.39, 0.29) is 6.03 Å². The number of amides is 2. The molecule has 0 spiro atoms. The van der Waals surface area contributed by atoms with Crippen molar-refractivity contribution in [1.29, 1.82) is 0 Å². The van der Waals surface area contributed by atoms with Gasteiger partial charge in [0.05, 0.1) is 12.1 Å². The molecule has 1 aliphatic heterocycles. The van der Waals surface area contributed by atoms with Crippen molar-refractivity contribution in [3.05, 3.63) is 24.3 Å². The van der Waals surface area contributed by atoms with E-state index in [4.69, 9.17) is 4.74 Å². The smallest absolute Gasteiger partial charge is 0.322 e. The first-order chi connectivity index (χ1) is 10.2. The first-order valence-corrected chi connectivity index (χ1v) is 7.95. The standard InChI is InChI=1S/C15H19N3O2S/c1-18(9-11-5-4-8-20-10-11)15(19)16-14-12-6-2-3-7-13(12)17-21-14/h2-3,6-7,11H,4-5,8-10H2,1H3,(H,16,19). The fourth-order valence-corrected chi connectivity index (χ4v) is 3.35. The van der Waals surface area contributed by atoms with E-state index in [1.807, 2.05) is 31.3 Å². The van der Waals surface area contributed by atoms with Gasteiger partial charge in [0.15, 0.2) is 0 Å². The Morgan fingerprint density at radius 3 is 3.19 bits per heavy atom. The highest BCUT2D eigenvalue weighted by molar-refractivity contribution is 7.12. The monoisotopic (exact) mass is 305 g/mol. The van der Waals surface area contributed by atoms with Crippen LogP contribution in [-0.2, 0) is 4.74 Å². The number of ether oxygens (including phenoxy) is 1. The lowest BCUT2D eigenvalue weighted by Crippen LogP contribution is -2.37. The summed E-state index contributed by atoms with van der Waals surface area (Å²) >= 11 is 1.32. The van der Waals surface area contributed by atoms with Crippen molar-refractivity contribution in [2.75, 3.05) is 32.1 Å². The average molecular weight is 305 g/mol. The number of hydrogen-bond acceptors (Lipinski definition) is 4. The zero-order valence-corrected chi connectivity index (χ0v) is 12.9. The second-order valence-electron chi connectivity index (χ2n) is 5.42. The zero-order valence-electron chi connectivity index (χ0n) is 12.0. The number of nitrogens with one attached hydrogen (secondary N) is 1. The Balaban J connectivity index is 1.62. The van der Waals surface area contributed by atoms with Gasteiger partial charge >= 0.3 is 6.03 Å². The van der Waals surface area contributed by atoms with E-state index < -0.39 is 0 Å². The largest absolute Gasteiger partial charge is 0.381 e. The summed E-state index contributed by atoms with van der Waals surface area (Å²) in [5.41, 5.74) is 0.918. The molecule has 0 radical (unpaired) electrons. The van der Waals surface area contributed by atoms with Crippen LogP contribution in [0.3, 0.4) is 0 Å². The summed E-state index contributed by atoms with van der Waals surface area (Å²) in [5.74, 6) is 0.438. The van der Waals surface area contributed by atoms with E-state index in [1.165, 1.54) is 11.5 Å². The van der Waals surface area contributed by atoms with Gasteiger partial charge in [0.2, 0.25) is 0 Å². The van der Waals surface area contributed by atoms with E-state index in [1.54, 1.807) is 4.90 Å². The van der Waals surface area contributed by atoms with Crippen LogP contribution >= 0.6 is 11.5 Å².